The number of nitrogens with zero attached hydrogens (tertiary/aromatic N) is 3. The van der Waals surface area contributed by atoms with Crippen LogP contribution < -0.4 is 4.74 Å². The standard InChI is InChI=1S/C22H16N4O3S/c27-21(29-20-13-23-19-11-5-6-12-26(19)20)16-8-2-1-7-15(16)14-30(28)22-24-17-9-3-4-10-18(17)25-22/h1-13H,14H2,(H,24,25). The van der Waals surface area contributed by atoms with Crippen LogP contribution in [-0.2, 0) is 16.6 Å². The van der Waals surface area contributed by atoms with Gasteiger partial charge in [0.15, 0.2) is 5.16 Å². The van der Waals surface area contributed by atoms with E-state index in [0.717, 1.165) is 11.0 Å². The van der Waals surface area contributed by atoms with Gasteiger partial charge in [0.05, 0.1) is 39.3 Å². The minimum atomic E-state index is -1.45. The van der Waals surface area contributed by atoms with Gasteiger partial charge in [0, 0.05) is 6.20 Å². The molecule has 5 rings (SSSR count). The molecule has 0 fully saturated rings. The summed E-state index contributed by atoms with van der Waals surface area (Å²) in [5.41, 5.74) is 3.23. The van der Waals surface area contributed by atoms with Gasteiger partial charge in [-0.3, -0.25) is 8.61 Å². The molecule has 30 heavy (non-hydrogen) atoms. The van der Waals surface area contributed by atoms with E-state index in [1.54, 1.807) is 34.9 Å². The van der Waals surface area contributed by atoms with Crippen molar-refractivity contribution < 1.29 is 13.7 Å². The van der Waals surface area contributed by atoms with Gasteiger partial charge in [0.2, 0.25) is 5.88 Å². The number of carbonyl (C=O) groups is 1. The summed E-state index contributed by atoms with van der Waals surface area (Å²) in [5, 5.41) is 0.376. The number of benzene rings is 2. The molecule has 5 aromatic rings. The van der Waals surface area contributed by atoms with Crippen LogP contribution in [0.15, 0.2) is 84.3 Å². The number of ether oxygens (including phenoxy) is 1. The van der Waals surface area contributed by atoms with Crippen LogP contribution >= 0.6 is 0 Å². The Hall–Kier alpha value is -3.78. The van der Waals surface area contributed by atoms with E-state index in [1.165, 1.54) is 6.20 Å². The van der Waals surface area contributed by atoms with E-state index in [0.29, 0.717) is 27.8 Å². The lowest BCUT2D eigenvalue weighted by Crippen LogP contribution is -2.13. The normalized spacial score (nSPS) is 12.3. The first-order valence-corrected chi connectivity index (χ1v) is 10.6. The number of pyridine rings is 1. The van der Waals surface area contributed by atoms with Gasteiger partial charge in [0.25, 0.3) is 0 Å². The van der Waals surface area contributed by atoms with E-state index in [9.17, 15) is 9.00 Å². The van der Waals surface area contributed by atoms with Gasteiger partial charge in [-0.05, 0) is 35.9 Å². The zero-order valence-corrected chi connectivity index (χ0v) is 16.5. The van der Waals surface area contributed by atoms with Crippen LogP contribution in [0.3, 0.4) is 0 Å². The number of esters is 1. The summed E-state index contributed by atoms with van der Waals surface area (Å²) in [6.07, 6.45) is 3.27. The third kappa shape index (κ3) is 3.37. The molecule has 7 nitrogen and oxygen atoms in total. The zero-order chi connectivity index (χ0) is 20.5. The first kappa shape index (κ1) is 18.3. The van der Waals surface area contributed by atoms with Crippen LogP contribution in [0.5, 0.6) is 5.88 Å². The van der Waals surface area contributed by atoms with Gasteiger partial charge in [-0.25, -0.2) is 14.8 Å². The summed E-state index contributed by atoms with van der Waals surface area (Å²) in [4.78, 5) is 24.5. The molecule has 1 atom stereocenters. The zero-order valence-electron chi connectivity index (χ0n) is 15.7. The number of fused-ring (bicyclic) bond motifs is 2. The van der Waals surface area contributed by atoms with Crippen molar-refractivity contribution >= 4 is 33.4 Å². The molecule has 0 aliphatic heterocycles. The third-order valence-electron chi connectivity index (χ3n) is 4.69. The van der Waals surface area contributed by atoms with Crippen LogP contribution in [0, 0.1) is 0 Å². The van der Waals surface area contributed by atoms with Crippen molar-refractivity contribution in [3.8, 4) is 5.88 Å². The number of nitrogens with one attached hydrogen (secondary N) is 1. The van der Waals surface area contributed by atoms with Gasteiger partial charge in [-0.1, -0.05) is 36.4 Å². The van der Waals surface area contributed by atoms with E-state index >= 15 is 0 Å². The van der Waals surface area contributed by atoms with E-state index in [2.05, 4.69) is 15.0 Å². The quantitative estimate of drug-likeness (QED) is 0.441. The Kier molecular flexibility index (Phi) is 4.61. The van der Waals surface area contributed by atoms with Crippen molar-refractivity contribution in [3.63, 3.8) is 0 Å². The average Bonchev–Trinajstić information content (AvgIpc) is 3.39. The van der Waals surface area contributed by atoms with Gasteiger partial charge in [-0.15, -0.1) is 0 Å². The number of aromatic nitrogens is 4. The molecule has 3 heterocycles. The van der Waals surface area contributed by atoms with E-state index in [-0.39, 0.29) is 5.75 Å². The fourth-order valence-electron chi connectivity index (χ4n) is 3.23. The molecular formula is C22H16N4O3S. The lowest BCUT2D eigenvalue weighted by Gasteiger charge is -2.08. The number of rotatable bonds is 5. The Labute approximate surface area is 173 Å². The van der Waals surface area contributed by atoms with Crippen molar-refractivity contribution in [1.82, 2.24) is 19.4 Å². The lowest BCUT2D eigenvalue weighted by atomic mass is 10.1. The Bertz CT molecular complexity index is 1370. The molecule has 2 aromatic carbocycles. The van der Waals surface area contributed by atoms with E-state index in [4.69, 9.17) is 4.74 Å². The minimum absolute atomic E-state index is 0.137. The first-order chi connectivity index (χ1) is 14.7. The third-order valence-corrected chi connectivity index (χ3v) is 5.89. The number of hydrogen-bond acceptors (Lipinski definition) is 5. The minimum Gasteiger partial charge on any atom is -0.404 e. The highest BCUT2D eigenvalue weighted by molar-refractivity contribution is 7.84. The second kappa shape index (κ2) is 7.57. The Morgan fingerprint density at radius 3 is 2.73 bits per heavy atom. The Morgan fingerprint density at radius 2 is 1.83 bits per heavy atom. The smallest absolute Gasteiger partial charge is 0.345 e. The molecule has 0 spiro atoms. The fourth-order valence-corrected chi connectivity index (χ4v) is 4.32. The van der Waals surface area contributed by atoms with E-state index in [1.807, 2.05) is 42.5 Å². The van der Waals surface area contributed by atoms with Crippen molar-refractivity contribution in [2.24, 2.45) is 0 Å². The predicted octanol–water partition coefficient (Wildman–Crippen LogP) is 3.74. The number of H-pyrrole nitrogens is 1. The molecule has 148 valence electrons. The monoisotopic (exact) mass is 416 g/mol. The highest BCUT2D eigenvalue weighted by Gasteiger charge is 2.19. The number of para-hydroxylation sites is 2. The molecule has 1 unspecified atom stereocenters. The first-order valence-electron chi connectivity index (χ1n) is 9.24. The molecular weight excluding hydrogens is 400 g/mol. The average molecular weight is 416 g/mol. The maximum absolute atomic E-state index is 12.9. The molecule has 0 aliphatic rings. The predicted molar refractivity (Wildman–Crippen MR) is 113 cm³/mol. The van der Waals surface area contributed by atoms with Crippen molar-refractivity contribution in [3.05, 3.63) is 90.3 Å². The second-order valence-electron chi connectivity index (χ2n) is 6.62. The maximum atomic E-state index is 12.9. The van der Waals surface area contributed by atoms with Crippen LogP contribution in [-0.4, -0.2) is 29.5 Å². The Morgan fingerprint density at radius 1 is 1.03 bits per heavy atom. The molecule has 1 N–H and O–H groups in total. The van der Waals surface area contributed by atoms with Gasteiger partial charge < -0.3 is 9.72 Å². The molecule has 0 saturated heterocycles. The largest absolute Gasteiger partial charge is 0.404 e. The molecule has 3 aromatic heterocycles. The number of imidazole rings is 2. The summed E-state index contributed by atoms with van der Waals surface area (Å²) >= 11 is 0. The number of carbonyl (C=O) groups excluding carboxylic acids is 1. The van der Waals surface area contributed by atoms with Crippen LogP contribution in [0.1, 0.15) is 15.9 Å². The number of aromatic amines is 1. The summed E-state index contributed by atoms with van der Waals surface area (Å²) < 4.78 is 20.2. The van der Waals surface area contributed by atoms with E-state index < -0.39 is 16.8 Å². The highest BCUT2D eigenvalue weighted by atomic mass is 32.2. The van der Waals surface area contributed by atoms with Crippen molar-refractivity contribution in [1.29, 1.82) is 0 Å². The van der Waals surface area contributed by atoms with Crippen LogP contribution in [0.25, 0.3) is 16.7 Å². The summed E-state index contributed by atoms with van der Waals surface area (Å²) in [5.74, 6) is -0.0696. The number of hydrogen-bond donors (Lipinski definition) is 1. The summed E-state index contributed by atoms with van der Waals surface area (Å²) in [6, 6.07) is 20.0. The molecule has 0 radical (unpaired) electrons. The molecule has 0 aliphatic carbocycles. The van der Waals surface area contributed by atoms with Gasteiger partial charge >= 0.3 is 5.97 Å². The summed E-state index contributed by atoms with van der Waals surface area (Å²) in [7, 11) is -1.45. The van der Waals surface area contributed by atoms with Gasteiger partial charge in [0.1, 0.15) is 5.65 Å². The molecule has 0 saturated carbocycles. The van der Waals surface area contributed by atoms with Crippen molar-refractivity contribution in [2.45, 2.75) is 10.9 Å². The topological polar surface area (TPSA) is 89.3 Å². The SMILES string of the molecule is O=C(Oc1cnc2ccccn12)c1ccccc1CS(=O)c1nc2ccccc2[nH]1. The van der Waals surface area contributed by atoms with Crippen LogP contribution in [0.2, 0.25) is 0 Å². The summed E-state index contributed by atoms with van der Waals surface area (Å²) in [6.45, 7) is 0. The Balaban J connectivity index is 1.40. The lowest BCUT2D eigenvalue weighted by molar-refractivity contribution is 0.0725. The molecule has 0 bridgehead atoms. The maximum Gasteiger partial charge on any atom is 0.345 e. The molecule has 8 heteroatoms. The van der Waals surface area contributed by atoms with Gasteiger partial charge in [-0.2, -0.15) is 0 Å². The second-order valence-corrected chi connectivity index (χ2v) is 7.99. The van der Waals surface area contributed by atoms with Crippen molar-refractivity contribution in [2.75, 3.05) is 0 Å². The highest BCUT2D eigenvalue weighted by Crippen LogP contribution is 2.20. The fraction of sp³-hybridized carbons (Fsp3) is 0.0455. The molecule has 0 amide bonds. The van der Waals surface area contributed by atoms with Crippen LogP contribution in [0.4, 0.5) is 0 Å².